The molecule has 0 saturated heterocycles. The number of alkyl halides is 3. The fourth-order valence-corrected chi connectivity index (χ4v) is 2.06. The molecule has 0 radical (unpaired) electrons. The summed E-state index contributed by atoms with van der Waals surface area (Å²) in [6, 6.07) is 6.90. The zero-order valence-corrected chi connectivity index (χ0v) is 11.4. The van der Waals surface area contributed by atoms with Gasteiger partial charge in [0.15, 0.2) is 0 Å². The third kappa shape index (κ3) is 4.61. The maximum Gasteiger partial charge on any atom is 0.573 e. The summed E-state index contributed by atoms with van der Waals surface area (Å²) in [7, 11) is 0. The van der Waals surface area contributed by atoms with Crippen molar-refractivity contribution < 1.29 is 23.0 Å². The van der Waals surface area contributed by atoms with Crippen molar-refractivity contribution in [2.24, 2.45) is 0 Å². The number of aliphatic hydroxyl groups excluding tert-OH is 1. The molecule has 1 aromatic heterocycles. The molecule has 1 N–H and O–H groups in total. The van der Waals surface area contributed by atoms with Gasteiger partial charge in [0.2, 0.25) is 0 Å². The standard InChI is InChI=1S/C14H11ClF3NO2/c15-12-8-19-6-5-11(12)13(20)7-9-1-3-10(4-2-9)21-14(16,17)18/h1-6,8,13,20H,7H2. The minimum Gasteiger partial charge on any atom is -0.406 e. The Hall–Kier alpha value is -1.79. The summed E-state index contributed by atoms with van der Waals surface area (Å²) >= 11 is 5.92. The average molecular weight is 318 g/mol. The number of hydrogen-bond donors (Lipinski definition) is 1. The smallest absolute Gasteiger partial charge is 0.406 e. The Balaban J connectivity index is 2.05. The highest BCUT2D eigenvalue weighted by Crippen LogP contribution is 2.27. The molecule has 1 atom stereocenters. The summed E-state index contributed by atoms with van der Waals surface area (Å²) in [5.74, 6) is -0.303. The Morgan fingerprint density at radius 2 is 1.86 bits per heavy atom. The molecule has 0 spiro atoms. The van der Waals surface area contributed by atoms with E-state index >= 15 is 0 Å². The first kappa shape index (κ1) is 15.6. The topological polar surface area (TPSA) is 42.4 Å². The second-order valence-electron chi connectivity index (χ2n) is 4.31. The van der Waals surface area contributed by atoms with E-state index in [0.717, 1.165) is 0 Å². The van der Waals surface area contributed by atoms with E-state index in [4.69, 9.17) is 11.6 Å². The Morgan fingerprint density at radius 3 is 2.43 bits per heavy atom. The van der Waals surface area contributed by atoms with E-state index in [1.165, 1.54) is 36.7 Å². The van der Waals surface area contributed by atoms with Crippen LogP contribution in [0.1, 0.15) is 17.2 Å². The lowest BCUT2D eigenvalue weighted by Gasteiger charge is -2.13. The Bertz CT molecular complexity index is 602. The van der Waals surface area contributed by atoms with Crippen LogP contribution in [0.2, 0.25) is 5.02 Å². The van der Waals surface area contributed by atoms with Crippen molar-refractivity contribution in [3.63, 3.8) is 0 Å². The predicted molar refractivity (Wildman–Crippen MR) is 71.0 cm³/mol. The Labute approximate surface area is 124 Å². The number of pyridine rings is 1. The van der Waals surface area contributed by atoms with Crippen LogP contribution in [0.5, 0.6) is 5.75 Å². The van der Waals surface area contributed by atoms with Gasteiger partial charge in [-0.1, -0.05) is 23.7 Å². The summed E-state index contributed by atoms with van der Waals surface area (Å²) in [5, 5.41) is 10.4. The van der Waals surface area contributed by atoms with Crippen molar-refractivity contribution in [1.29, 1.82) is 0 Å². The highest BCUT2D eigenvalue weighted by Gasteiger charge is 2.30. The van der Waals surface area contributed by atoms with Gasteiger partial charge in [0.1, 0.15) is 5.75 Å². The van der Waals surface area contributed by atoms with Gasteiger partial charge >= 0.3 is 6.36 Å². The molecule has 0 aliphatic rings. The van der Waals surface area contributed by atoms with Crippen molar-refractivity contribution in [2.45, 2.75) is 18.9 Å². The maximum absolute atomic E-state index is 12.0. The van der Waals surface area contributed by atoms with Crippen molar-refractivity contribution in [3.8, 4) is 5.75 Å². The minimum absolute atomic E-state index is 0.218. The molecule has 2 rings (SSSR count). The number of rotatable bonds is 4. The monoisotopic (exact) mass is 317 g/mol. The molecule has 1 unspecified atom stereocenters. The van der Waals surface area contributed by atoms with Gasteiger partial charge in [0.25, 0.3) is 0 Å². The number of nitrogens with zero attached hydrogens (tertiary/aromatic N) is 1. The minimum atomic E-state index is -4.72. The summed E-state index contributed by atoms with van der Waals surface area (Å²) < 4.78 is 39.9. The van der Waals surface area contributed by atoms with Gasteiger partial charge in [-0.25, -0.2) is 0 Å². The number of benzene rings is 1. The van der Waals surface area contributed by atoms with E-state index in [1.54, 1.807) is 6.07 Å². The normalized spacial score (nSPS) is 13.0. The van der Waals surface area contributed by atoms with Crippen molar-refractivity contribution >= 4 is 11.6 Å². The molecule has 7 heteroatoms. The highest BCUT2D eigenvalue weighted by molar-refractivity contribution is 6.31. The lowest BCUT2D eigenvalue weighted by atomic mass is 10.0. The summed E-state index contributed by atoms with van der Waals surface area (Å²) in [6.07, 6.45) is -2.44. The van der Waals surface area contributed by atoms with Gasteiger partial charge in [-0.3, -0.25) is 4.98 Å². The molecular weight excluding hydrogens is 307 g/mol. The van der Waals surface area contributed by atoms with Gasteiger partial charge in [-0.15, -0.1) is 13.2 Å². The number of halogens is 4. The molecule has 1 aromatic carbocycles. The SMILES string of the molecule is OC(Cc1ccc(OC(F)(F)F)cc1)c1ccncc1Cl. The second kappa shape index (κ2) is 6.32. The number of hydrogen-bond acceptors (Lipinski definition) is 3. The van der Waals surface area contributed by atoms with Crippen LogP contribution in [0.15, 0.2) is 42.7 Å². The Morgan fingerprint density at radius 1 is 1.19 bits per heavy atom. The highest BCUT2D eigenvalue weighted by atomic mass is 35.5. The molecule has 2 aromatic rings. The molecular formula is C14H11ClF3NO2. The molecule has 3 nitrogen and oxygen atoms in total. The average Bonchev–Trinajstić information content (AvgIpc) is 2.40. The van der Waals surface area contributed by atoms with Crippen LogP contribution in [-0.2, 0) is 6.42 Å². The predicted octanol–water partition coefficient (Wildman–Crippen LogP) is 3.91. The van der Waals surface area contributed by atoms with Gasteiger partial charge < -0.3 is 9.84 Å². The van der Waals surface area contributed by atoms with E-state index in [2.05, 4.69) is 9.72 Å². The molecule has 1 heterocycles. The zero-order valence-electron chi connectivity index (χ0n) is 10.6. The number of aromatic nitrogens is 1. The fraction of sp³-hybridized carbons (Fsp3) is 0.214. The first-order valence-corrected chi connectivity index (χ1v) is 6.35. The van der Waals surface area contributed by atoms with Gasteiger partial charge in [0.05, 0.1) is 11.1 Å². The zero-order chi connectivity index (χ0) is 15.5. The van der Waals surface area contributed by atoms with E-state index < -0.39 is 12.5 Å². The van der Waals surface area contributed by atoms with E-state index in [1.807, 2.05) is 0 Å². The van der Waals surface area contributed by atoms with Crippen LogP contribution in [0.3, 0.4) is 0 Å². The lowest BCUT2D eigenvalue weighted by molar-refractivity contribution is -0.274. The maximum atomic E-state index is 12.0. The van der Waals surface area contributed by atoms with Crippen LogP contribution in [0.25, 0.3) is 0 Å². The summed E-state index contributed by atoms with van der Waals surface area (Å²) in [5.41, 5.74) is 1.17. The van der Waals surface area contributed by atoms with Crippen LogP contribution < -0.4 is 4.74 Å². The molecule has 112 valence electrons. The quantitative estimate of drug-likeness (QED) is 0.929. The van der Waals surface area contributed by atoms with Crippen molar-refractivity contribution in [1.82, 2.24) is 4.98 Å². The van der Waals surface area contributed by atoms with Gasteiger partial charge in [0, 0.05) is 24.4 Å². The van der Waals surface area contributed by atoms with E-state index in [0.29, 0.717) is 16.1 Å². The van der Waals surface area contributed by atoms with Crippen molar-refractivity contribution in [2.75, 3.05) is 0 Å². The summed E-state index contributed by atoms with van der Waals surface area (Å²) in [6.45, 7) is 0. The first-order chi connectivity index (χ1) is 9.85. The Kier molecular flexibility index (Phi) is 4.69. The van der Waals surface area contributed by atoms with E-state index in [9.17, 15) is 18.3 Å². The number of aliphatic hydroxyl groups is 1. The largest absolute Gasteiger partial charge is 0.573 e. The number of ether oxygens (including phenoxy) is 1. The van der Waals surface area contributed by atoms with Crippen LogP contribution in [-0.4, -0.2) is 16.5 Å². The molecule has 0 saturated carbocycles. The van der Waals surface area contributed by atoms with Crippen LogP contribution >= 0.6 is 11.6 Å². The van der Waals surface area contributed by atoms with Gasteiger partial charge in [-0.2, -0.15) is 0 Å². The van der Waals surface area contributed by atoms with Crippen LogP contribution in [0.4, 0.5) is 13.2 Å². The van der Waals surface area contributed by atoms with Crippen molar-refractivity contribution in [3.05, 3.63) is 58.9 Å². The van der Waals surface area contributed by atoms with Gasteiger partial charge in [-0.05, 0) is 23.8 Å². The molecule has 0 fully saturated rings. The molecule has 21 heavy (non-hydrogen) atoms. The second-order valence-corrected chi connectivity index (χ2v) is 4.72. The third-order valence-electron chi connectivity index (χ3n) is 2.75. The fourth-order valence-electron chi connectivity index (χ4n) is 1.82. The van der Waals surface area contributed by atoms with Crippen LogP contribution in [0, 0.1) is 0 Å². The molecule has 0 aliphatic heterocycles. The lowest BCUT2D eigenvalue weighted by Crippen LogP contribution is -2.17. The van der Waals surface area contributed by atoms with E-state index in [-0.39, 0.29) is 12.2 Å². The first-order valence-electron chi connectivity index (χ1n) is 5.97. The molecule has 0 aliphatic carbocycles. The third-order valence-corrected chi connectivity index (χ3v) is 3.06. The molecule has 0 amide bonds. The molecule has 0 bridgehead atoms. The summed E-state index contributed by atoms with van der Waals surface area (Å²) in [4.78, 5) is 3.81.